The molecule has 0 N–H and O–H groups in total. The van der Waals surface area contributed by atoms with E-state index in [1.807, 2.05) is 25.1 Å². The summed E-state index contributed by atoms with van der Waals surface area (Å²) in [4.78, 5) is 13.7. The highest BCUT2D eigenvalue weighted by Gasteiger charge is 2.24. The summed E-state index contributed by atoms with van der Waals surface area (Å²) >= 11 is 0. The molecule has 3 nitrogen and oxygen atoms in total. The van der Waals surface area contributed by atoms with Gasteiger partial charge in [-0.1, -0.05) is 6.07 Å². The van der Waals surface area contributed by atoms with E-state index >= 15 is 0 Å². The van der Waals surface area contributed by atoms with Crippen molar-refractivity contribution in [1.82, 2.24) is 0 Å². The number of anilines is 1. The quantitative estimate of drug-likeness (QED) is 0.800. The molecule has 1 unspecified atom stereocenters. The van der Waals surface area contributed by atoms with Crippen LogP contribution in [-0.2, 0) is 4.79 Å². The lowest BCUT2D eigenvalue weighted by Gasteiger charge is -2.34. The van der Waals surface area contributed by atoms with Gasteiger partial charge in [0, 0.05) is 19.0 Å². The maximum absolute atomic E-state index is 11.5. The van der Waals surface area contributed by atoms with Crippen molar-refractivity contribution in [1.29, 1.82) is 5.26 Å². The smallest absolute Gasteiger partial charge is 0.134 e. The SMILES string of the molecule is CC(=O)C1CCCN(c2cc(C)ccc2C#N)C1. The molecule has 0 aliphatic carbocycles. The average Bonchev–Trinajstić information content (AvgIpc) is 2.39. The minimum absolute atomic E-state index is 0.116. The van der Waals surface area contributed by atoms with Gasteiger partial charge < -0.3 is 4.90 Å². The van der Waals surface area contributed by atoms with Crippen molar-refractivity contribution in [3.63, 3.8) is 0 Å². The summed E-state index contributed by atoms with van der Waals surface area (Å²) in [6, 6.07) is 8.10. The van der Waals surface area contributed by atoms with Crippen LogP contribution in [0.5, 0.6) is 0 Å². The molecule has 18 heavy (non-hydrogen) atoms. The zero-order valence-corrected chi connectivity index (χ0v) is 10.9. The summed E-state index contributed by atoms with van der Waals surface area (Å²) < 4.78 is 0. The number of ketones is 1. The molecule has 1 heterocycles. The first-order valence-electron chi connectivity index (χ1n) is 6.38. The van der Waals surface area contributed by atoms with Crippen molar-refractivity contribution in [3.8, 4) is 6.07 Å². The molecule has 1 aliphatic rings. The van der Waals surface area contributed by atoms with E-state index < -0.39 is 0 Å². The van der Waals surface area contributed by atoms with Crippen molar-refractivity contribution in [2.45, 2.75) is 26.7 Å². The zero-order chi connectivity index (χ0) is 13.1. The van der Waals surface area contributed by atoms with Crippen molar-refractivity contribution in [3.05, 3.63) is 29.3 Å². The number of carbonyl (C=O) groups excluding carboxylic acids is 1. The van der Waals surface area contributed by atoms with Gasteiger partial charge in [-0.15, -0.1) is 0 Å². The first-order valence-corrected chi connectivity index (χ1v) is 6.38. The Hall–Kier alpha value is -1.82. The van der Waals surface area contributed by atoms with Crippen LogP contribution in [0, 0.1) is 24.2 Å². The van der Waals surface area contributed by atoms with Gasteiger partial charge in [0.2, 0.25) is 0 Å². The number of nitrogens with zero attached hydrogens (tertiary/aromatic N) is 2. The van der Waals surface area contributed by atoms with Crippen molar-refractivity contribution in [2.75, 3.05) is 18.0 Å². The second-order valence-corrected chi connectivity index (χ2v) is 5.03. The van der Waals surface area contributed by atoms with E-state index in [1.165, 1.54) is 0 Å². The lowest BCUT2D eigenvalue weighted by molar-refractivity contribution is -0.120. The molecule has 0 radical (unpaired) electrons. The number of piperidine rings is 1. The van der Waals surface area contributed by atoms with Crippen LogP contribution in [-0.4, -0.2) is 18.9 Å². The van der Waals surface area contributed by atoms with Gasteiger partial charge in [0.05, 0.1) is 11.3 Å². The Morgan fingerprint density at radius 2 is 2.28 bits per heavy atom. The Kier molecular flexibility index (Phi) is 3.66. The number of nitriles is 1. The Labute approximate surface area is 108 Å². The molecule has 0 spiro atoms. The topological polar surface area (TPSA) is 44.1 Å². The van der Waals surface area contributed by atoms with Gasteiger partial charge in [-0.2, -0.15) is 5.26 Å². The lowest BCUT2D eigenvalue weighted by atomic mass is 9.93. The third-order valence-corrected chi connectivity index (χ3v) is 3.61. The highest BCUT2D eigenvalue weighted by Crippen LogP contribution is 2.27. The number of hydrogen-bond acceptors (Lipinski definition) is 3. The molecule has 1 saturated heterocycles. The molecule has 1 atom stereocenters. The third-order valence-electron chi connectivity index (χ3n) is 3.61. The van der Waals surface area contributed by atoms with Crippen molar-refractivity contribution < 1.29 is 4.79 Å². The van der Waals surface area contributed by atoms with E-state index in [-0.39, 0.29) is 11.7 Å². The van der Waals surface area contributed by atoms with Crippen LogP contribution >= 0.6 is 0 Å². The number of aryl methyl sites for hydroxylation is 1. The molecule has 94 valence electrons. The summed E-state index contributed by atoms with van der Waals surface area (Å²) in [6.45, 7) is 5.36. The molecule has 0 amide bonds. The number of benzene rings is 1. The number of rotatable bonds is 2. The predicted octanol–water partition coefficient (Wildman–Crippen LogP) is 2.67. The monoisotopic (exact) mass is 242 g/mol. The molecule has 1 aromatic rings. The van der Waals surface area contributed by atoms with E-state index in [0.29, 0.717) is 5.56 Å². The molecule has 0 bridgehead atoms. The molecule has 2 rings (SSSR count). The normalized spacial score (nSPS) is 19.4. The van der Waals surface area contributed by atoms with Gasteiger partial charge in [0.1, 0.15) is 11.9 Å². The zero-order valence-electron chi connectivity index (χ0n) is 10.9. The van der Waals surface area contributed by atoms with Gasteiger partial charge in [-0.05, 0) is 44.4 Å². The average molecular weight is 242 g/mol. The highest BCUT2D eigenvalue weighted by atomic mass is 16.1. The number of Topliss-reactive ketones (excluding diaryl/α,β-unsaturated/α-hetero) is 1. The van der Waals surface area contributed by atoms with Crippen LogP contribution < -0.4 is 4.90 Å². The van der Waals surface area contributed by atoms with Crippen molar-refractivity contribution in [2.24, 2.45) is 5.92 Å². The van der Waals surface area contributed by atoms with Crippen LogP contribution in [0.4, 0.5) is 5.69 Å². The summed E-state index contributed by atoms with van der Waals surface area (Å²) in [6.07, 6.45) is 1.99. The first kappa shape index (κ1) is 12.6. The molecular weight excluding hydrogens is 224 g/mol. The Balaban J connectivity index is 2.28. The number of carbonyl (C=O) groups is 1. The highest BCUT2D eigenvalue weighted by molar-refractivity contribution is 5.79. The second kappa shape index (κ2) is 5.22. The molecule has 0 saturated carbocycles. The Bertz CT molecular complexity index is 502. The lowest BCUT2D eigenvalue weighted by Crippen LogP contribution is -2.38. The van der Waals surface area contributed by atoms with Crippen LogP contribution in [0.1, 0.15) is 30.9 Å². The molecular formula is C15H18N2O. The largest absolute Gasteiger partial charge is 0.370 e. The van der Waals surface area contributed by atoms with Crippen LogP contribution in [0.25, 0.3) is 0 Å². The van der Waals surface area contributed by atoms with Crippen molar-refractivity contribution >= 4 is 11.5 Å². The van der Waals surface area contributed by atoms with Gasteiger partial charge in [-0.25, -0.2) is 0 Å². The van der Waals surface area contributed by atoms with Crippen LogP contribution in [0.15, 0.2) is 18.2 Å². The van der Waals surface area contributed by atoms with Gasteiger partial charge >= 0.3 is 0 Å². The fraction of sp³-hybridized carbons (Fsp3) is 0.467. The van der Waals surface area contributed by atoms with Crippen LogP contribution in [0.3, 0.4) is 0 Å². The first-order chi connectivity index (χ1) is 8.61. The Morgan fingerprint density at radius 1 is 1.50 bits per heavy atom. The Morgan fingerprint density at radius 3 is 2.94 bits per heavy atom. The number of hydrogen-bond donors (Lipinski definition) is 0. The molecule has 1 fully saturated rings. The minimum atomic E-state index is 0.116. The minimum Gasteiger partial charge on any atom is -0.370 e. The summed E-state index contributed by atoms with van der Waals surface area (Å²) in [7, 11) is 0. The maximum Gasteiger partial charge on any atom is 0.134 e. The van der Waals surface area contributed by atoms with Gasteiger partial charge in [0.15, 0.2) is 0 Å². The molecule has 0 aromatic heterocycles. The molecule has 1 aliphatic heterocycles. The predicted molar refractivity (Wildman–Crippen MR) is 71.5 cm³/mol. The van der Waals surface area contributed by atoms with E-state index in [1.54, 1.807) is 6.92 Å². The third kappa shape index (κ3) is 2.53. The summed E-state index contributed by atoms with van der Waals surface area (Å²) in [5, 5.41) is 9.17. The standard InChI is InChI=1S/C15H18N2O/c1-11-5-6-13(9-16)15(8-11)17-7-3-4-14(10-17)12(2)18/h5-6,8,14H,3-4,7,10H2,1-2H3. The van der Waals surface area contributed by atoms with E-state index in [0.717, 1.165) is 37.2 Å². The molecule has 1 aromatic carbocycles. The fourth-order valence-electron chi connectivity index (χ4n) is 2.53. The van der Waals surface area contributed by atoms with Gasteiger partial charge in [-0.3, -0.25) is 4.79 Å². The second-order valence-electron chi connectivity index (χ2n) is 5.03. The summed E-state index contributed by atoms with van der Waals surface area (Å²) in [5.74, 6) is 0.372. The molecule has 3 heteroatoms. The van der Waals surface area contributed by atoms with E-state index in [2.05, 4.69) is 11.0 Å². The fourth-order valence-corrected chi connectivity index (χ4v) is 2.53. The van der Waals surface area contributed by atoms with Gasteiger partial charge in [0.25, 0.3) is 0 Å². The maximum atomic E-state index is 11.5. The van der Waals surface area contributed by atoms with Crippen LogP contribution in [0.2, 0.25) is 0 Å². The summed E-state index contributed by atoms with van der Waals surface area (Å²) in [5.41, 5.74) is 2.82. The van der Waals surface area contributed by atoms with E-state index in [9.17, 15) is 10.1 Å². The van der Waals surface area contributed by atoms with E-state index in [4.69, 9.17) is 0 Å².